The fourth-order valence-corrected chi connectivity index (χ4v) is 0.874. The first-order valence-electron chi connectivity index (χ1n) is 3.99. The third-order valence-electron chi connectivity index (χ3n) is 1.36. The Morgan fingerprint density at radius 3 is 2.54 bits per heavy atom. The maximum absolute atomic E-state index is 8.90. The summed E-state index contributed by atoms with van der Waals surface area (Å²) in [5, 5.41) is 17.3. The third kappa shape index (κ3) is 4.01. The highest BCUT2D eigenvalue weighted by Gasteiger charge is 1.92. The molecular formula is C9H11ClN2O. The van der Waals surface area contributed by atoms with Crippen LogP contribution in [0.25, 0.3) is 0 Å². The SMILES string of the molecule is CC(O)CN=Nc1ccc(Cl)cc1. The first-order chi connectivity index (χ1) is 6.18. The number of halogens is 1. The molecule has 0 aromatic heterocycles. The lowest BCUT2D eigenvalue weighted by Gasteiger charge is -1.95. The highest BCUT2D eigenvalue weighted by molar-refractivity contribution is 6.30. The Kier molecular flexibility index (Phi) is 3.86. The van der Waals surface area contributed by atoms with E-state index in [1.54, 1.807) is 31.2 Å². The summed E-state index contributed by atoms with van der Waals surface area (Å²) in [5.41, 5.74) is 0.741. The van der Waals surface area contributed by atoms with Gasteiger partial charge in [-0.2, -0.15) is 10.2 Å². The first kappa shape index (κ1) is 10.2. The van der Waals surface area contributed by atoms with Crippen molar-refractivity contribution in [2.45, 2.75) is 13.0 Å². The lowest BCUT2D eigenvalue weighted by atomic mass is 10.3. The molecule has 4 heteroatoms. The largest absolute Gasteiger partial charge is 0.391 e. The highest BCUT2D eigenvalue weighted by Crippen LogP contribution is 2.16. The Hall–Kier alpha value is -0.930. The summed E-state index contributed by atoms with van der Waals surface area (Å²) in [7, 11) is 0. The minimum absolute atomic E-state index is 0.322. The van der Waals surface area contributed by atoms with Crippen LogP contribution in [0.5, 0.6) is 0 Å². The van der Waals surface area contributed by atoms with E-state index < -0.39 is 6.10 Å². The molecule has 0 fully saturated rings. The van der Waals surface area contributed by atoms with Crippen molar-refractivity contribution in [2.75, 3.05) is 6.54 Å². The van der Waals surface area contributed by atoms with Crippen LogP contribution < -0.4 is 0 Å². The van der Waals surface area contributed by atoms with Crippen LogP contribution in [0.15, 0.2) is 34.5 Å². The number of azo groups is 1. The van der Waals surface area contributed by atoms with E-state index in [0.717, 1.165) is 5.69 Å². The van der Waals surface area contributed by atoms with Gasteiger partial charge in [0.15, 0.2) is 0 Å². The third-order valence-corrected chi connectivity index (χ3v) is 1.61. The summed E-state index contributed by atoms with van der Waals surface area (Å²) in [5.74, 6) is 0. The smallest absolute Gasteiger partial charge is 0.0860 e. The topological polar surface area (TPSA) is 45.0 Å². The van der Waals surface area contributed by atoms with Crippen LogP contribution >= 0.6 is 11.6 Å². The molecule has 1 aromatic carbocycles. The van der Waals surface area contributed by atoms with E-state index in [2.05, 4.69) is 10.2 Å². The van der Waals surface area contributed by atoms with Gasteiger partial charge in [0.25, 0.3) is 0 Å². The van der Waals surface area contributed by atoms with Crippen molar-refractivity contribution in [3.8, 4) is 0 Å². The number of benzene rings is 1. The van der Waals surface area contributed by atoms with Crippen LogP contribution in [-0.2, 0) is 0 Å². The van der Waals surface area contributed by atoms with Crippen molar-refractivity contribution >= 4 is 17.3 Å². The molecular weight excluding hydrogens is 188 g/mol. The van der Waals surface area contributed by atoms with Gasteiger partial charge in [-0.3, -0.25) is 0 Å². The van der Waals surface area contributed by atoms with Gasteiger partial charge >= 0.3 is 0 Å². The minimum atomic E-state index is -0.448. The predicted octanol–water partition coefficient (Wildman–Crippen LogP) is 2.80. The van der Waals surface area contributed by atoms with E-state index in [9.17, 15) is 0 Å². The Labute approximate surface area is 82.1 Å². The molecule has 0 aliphatic heterocycles. The summed E-state index contributed by atoms with van der Waals surface area (Å²) < 4.78 is 0. The molecule has 1 N–H and O–H groups in total. The molecule has 0 saturated heterocycles. The Morgan fingerprint density at radius 1 is 1.38 bits per heavy atom. The number of rotatable bonds is 3. The van der Waals surface area contributed by atoms with Crippen LogP contribution in [0, 0.1) is 0 Å². The molecule has 0 bridgehead atoms. The quantitative estimate of drug-likeness (QED) is 0.746. The summed E-state index contributed by atoms with van der Waals surface area (Å²) in [6.07, 6.45) is -0.448. The van der Waals surface area contributed by atoms with Gasteiger partial charge in [-0.15, -0.1) is 0 Å². The second-order valence-corrected chi connectivity index (χ2v) is 3.19. The Balaban J connectivity index is 2.54. The molecule has 0 heterocycles. The molecule has 1 atom stereocenters. The van der Waals surface area contributed by atoms with E-state index in [1.165, 1.54) is 0 Å². The normalized spacial score (nSPS) is 13.5. The zero-order chi connectivity index (χ0) is 9.68. The molecule has 0 aliphatic carbocycles. The molecule has 3 nitrogen and oxygen atoms in total. The fourth-order valence-electron chi connectivity index (χ4n) is 0.748. The maximum Gasteiger partial charge on any atom is 0.0860 e. The predicted molar refractivity (Wildman–Crippen MR) is 52.5 cm³/mol. The second-order valence-electron chi connectivity index (χ2n) is 2.75. The molecule has 1 rings (SSSR count). The number of nitrogens with zero attached hydrogens (tertiary/aromatic N) is 2. The van der Waals surface area contributed by atoms with Crippen molar-refractivity contribution in [1.29, 1.82) is 0 Å². The van der Waals surface area contributed by atoms with Gasteiger partial charge in [0.05, 0.1) is 18.3 Å². The zero-order valence-corrected chi connectivity index (χ0v) is 8.07. The molecule has 0 amide bonds. The minimum Gasteiger partial charge on any atom is -0.391 e. The van der Waals surface area contributed by atoms with Gasteiger partial charge in [-0.1, -0.05) is 11.6 Å². The lowest BCUT2D eigenvalue weighted by Crippen LogP contribution is -2.02. The number of hydrogen-bond donors (Lipinski definition) is 1. The van der Waals surface area contributed by atoms with Crippen LogP contribution in [-0.4, -0.2) is 17.8 Å². The van der Waals surface area contributed by atoms with Crippen LogP contribution in [0.1, 0.15) is 6.92 Å². The molecule has 0 spiro atoms. The highest BCUT2D eigenvalue weighted by atomic mass is 35.5. The average Bonchev–Trinajstić information content (AvgIpc) is 2.08. The number of hydrogen-bond acceptors (Lipinski definition) is 3. The molecule has 0 radical (unpaired) electrons. The van der Waals surface area contributed by atoms with Gasteiger partial charge < -0.3 is 5.11 Å². The van der Waals surface area contributed by atoms with Crippen LogP contribution in [0.2, 0.25) is 5.02 Å². The van der Waals surface area contributed by atoms with Crippen molar-refractivity contribution in [3.05, 3.63) is 29.3 Å². The van der Waals surface area contributed by atoms with E-state index in [1.807, 2.05) is 0 Å². The van der Waals surface area contributed by atoms with Gasteiger partial charge in [0, 0.05) is 5.02 Å². The molecule has 0 saturated carbocycles. The standard InChI is InChI=1S/C9H11ClN2O/c1-7(13)6-11-12-9-4-2-8(10)3-5-9/h2-5,7,13H,6H2,1H3. The van der Waals surface area contributed by atoms with Crippen molar-refractivity contribution in [1.82, 2.24) is 0 Å². The van der Waals surface area contributed by atoms with Crippen molar-refractivity contribution in [2.24, 2.45) is 10.2 Å². The summed E-state index contributed by atoms with van der Waals surface area (Å²) in [4.78, 5) is 0. The summed E-state index contributed by atoms with van der Waals surface area (Å²) in [6.45, 7) is 1.99. The van der Waals surface area contributed by atoms with Crippen LogP contribution in [0.3, 0.4) is 0 Å². The number of aliphatic hydroxyl groups is 1. The van der Waals surface area contributed by atoms with E-state index in [-0.39, 0.29) is 0 Å². The Bertz CT molecular complexity index is 282. The lowest BCUT2D eigenvalue weighted by molar-refractivity contribution is 0.202. The fraction of sp³-hybridized carbons (Fsp3) is 0.333. The molecule has 1 unspecified atom stereocenters. The molecule has 70 valence electrons. The Morgan fingerprint density at radius 2 is 2.00 bits per heavy atom. The van der Waals surface area contributed by atoms with Gasteiger partial charge in [-0.05, 0) is 31.2 Å². The van der Waals surface area contributed by atoms with Crippen molar-refractivity contribution < 1.29 is 5.11 Å². The maximum atomic E-state index is 8.90. The van der Waals surface area contributed by atoms with Crippen LogP contribution in [0.4, 0.5) is 5.69 Å². The molecule has 0 aliphatic rings. The summed E-state index contributed by atoms with van der Waals surface area (Å²) >= 11 is 5.68. The van der Waals surface area contributed by atoms with Gasteiger partial charge in [0.2, 0.25) is 0 Å². The van der Waals surface area contributed by atoms with E-state index >= 15 is 0 Å². The monoisotopic (exact) mass is 198 g/mol. The first-order valence-corrected chi connectivity index (χ1v) is 4.37. The zero-order valence-electron chi connectivity index (χ0n) is 7.31. The second kappa shape index (κ2) is 4.94. The van der Waals surface area contributed by atoms with Crippen molar-refractivity contribution in [3.63, 3.8) is 0 Å². The number of aliphatic hydroxyl groups excluding tert-OH is 1. The average molecular weight is 199 g/mol. The van der Waals surface area contributed by atoms with E-state index in [4.69, 9.17) is 16.7 Å². The van der Waals surface area contributed by atoms with Gasteiger partial charge in [-0.25, -0.2) is 0 Å². The summed E-state index contributed by atoms with van der Waals surface area (Å²) in [6, 6.07) is 7.04. The molecule has 1 aromatic rings. The molecule has 13 heavy (non-hydrogen) atoms. The van der Waals surface area contributed by atoms with Gasteiger partial charge in [0.1, 0.15) is 0 Å². The van der Waals surface area contributed by atoms with E-state index in [0.29, 0.717) is 11.6 Å².